The average Bonchev–Trinajstić information content (AvgIpc) is 1.65. The molecule has 0 rings (SSSR count). The van der Waals surface area contributed by atoms with Gasteiger partial charge in [-0.15, -0.1) is 0 Å². The maximum atomic E-state index is 4.73. The normalized spacial score (nSPS) is 6.86. The van der Waals surface area contributed by atoms with E-state index in [1.807, 2.05) is 6.05 Å². The van der Waals surface area contributed by atoms with Crippen molar-refractivity contribution in [1.29, 1.82) is 0 Å². The zero-order chi connectivity index (χ0) is 5.86. The monoisotopic (exact) mass is 104 g/mol. The molecule has 0 saturated carbocycles. The molecule has 0 unspecified atom stereocenters. The molecular weight excluding hydrogens is 96.9 g/mol. The summed E-state index contributed by atoms with van der Waals surface area (Å²) >= 11 is 4.73. The number of rotatable bonds is 2. The van der Waals surface area contributed by atoms with Gasteiger partial charge in [0.25, 0.3) is 0 Å². The molecule has 0 N–H and O–H groups in total. The van der Waals surface area contributed by atoms with Crippen LogP contribution in [0.25, 0.3) is 0 Å². The predicted molar refractivity (Wildman–Crippen MR) is 50.5 cm³/mol. The molecule has 7 heavy (non-hydrogen) atoms. The van der Waals surface area contributed by atoms with E-state index in [9.17, 15) is 0 Å². The first kappa shape index (κ1) is 7.61. The molecule has 0 amide bonds. The topological polar surface area (TPSA) is 0 Å². The van der Waals surface area contributed by atoms with Crippen molar-refractivity contribution in [3.8, 4) is 0 Å². The zero-order valence-electron chi connectivity index (χ0n) is 5.14. The molecular formula is H6B6S. The fourth-order valence-electron chi connectivity index (χ4n) is 0.157. The third kappa shape index (κ3) is 3.21. The van der Waals surface area contributed by atoms with Gasteiger partial charge in [-0.25, -0.2) is 0 Å². The van der Waals surface area contributed by atoms with Gasteiger partial charge in [0.15, 0.2) is 0 Å². The summed E-state index contributed by atoms with van der Waals surface area (Å²) in [5.74, 6) is 0. The summed E-state index contributed by atoms with van der Waals surface area (Å²) in [5.41, 5.74) is 0. The van der Waals surface area contributed by atoms with Gasteiger partial charge in [-0.2, -0.15) is 0 Å². The Hall–Kier alpha value is 0.610. The minimum absolute atomic E-state index is 0.593. The van der Waals surface area contributed by atoms with Crippen LogP contribution in [0.5, 0.6) is 0 Å². The van der Waals surface area contributed by atoms with Gasteiger partial charge in [-0.1, -0.05) is 0 Å². The standard InChI is InChI=1S/B6H6S/c1-5(2)6(3)4-7/h1-3H2. The Kier molecular flexibility index (Phi) is 3.90. The molecule has 0 spiro atoms. The molecule has 0 aliphatic rings. The van der Waals surface area contributed by atoms with Crippen molar-refractivity contribution in [1.82, 2.24) is 0 Å². The molecule has 0 nitrogen and oxygen atoms in total. The maximum absolute atomic E-state index is 4.73. The van der Waals surface area contributed by atoms with Crippen LogP contribution >= 0.6 is 12.1 Å². The first-order valence-corrected chi connectivity index (χ1v) is 3.11. The van der Waals surface area contributed by atoms with Crippen molar-refractivity contribution in [3.63, 3.8) is 0 Å². The Balaban J connectivity index is 3.33. The summed E-state index contributed by atoms with van der Waals surface area (Å²) in [7, 11) is 6.48. The summed E-state index contributed by atoms with van der Waals surface area (Å²) in [4.78, 5) is 0. The summed E-state index contributed by atoms with van der Waals surface area (Å²) in [6, 6.07) is 1.82. The Morgan fingerprint density at radius 1 is 1.29 bits per heavy atom. The van der Waals surface area contributed by atoms with Crippen molar-refractivity contribution in [2.45, 2.75) is 0 Å². The van der Waals surface area contributed by atoms with E-state index in [4.69, 9.17) is 12.1 Å². The van der Waals surface area contributed by atoms with Gasteiger partial charge in [0.05, 0.1) is 0 Å². The first-order chi connectivity index (χ1) is 3.18. The zero-order valence-corrected chi connectivity index (χ0v) is 5.96. The summed E-state index contributed by atoms with van der Waals surface area (Å²) < 4.78 is 0. The van der Waals surface area contributed by atoms with Crippen LogP contribution in [0.3, 0.4) is 0 Å². The molecule has 0 aromatic carbocycles. The molecule has 0 fully saturated rings. The van der Waals surface area contributed by atoms with Crippen LogP contribution in [0, 0.1) is 0 Å². The van der Waals surface area contributed by atoms with Crippen molar-refractivity contribution in [2.24, 2.45) is 0 Å². The van der Waals surface area contributed by atoms with Gasteiger partial charge in [0.2, 0.25) is 0 Å². The average molecular weight is 103 g/mol. The van der Waals surface area contributed by atoms with Gasteiger partial charge in [-0.05, 0) is 0 Å². The fraction of sp³-hybridized carbons (Fsp3) is 0. The van der Waals surface area contributed by atoms with E-state index in [2.05, 4.69) is 23.2 Å². The van der Waals surface area contributed by atoms with Crippen LogP contribution in [0.2, 0.25) is 0 Å². The summed E-state index contributed by atoms with van der Waals surface area (Å²) in [5, 5.41) is 0. The second-order valence-corrected chi connectivity index (χ2v) is 2.51. The van der Waals surface area contributed by atoms with E-state index < -0.39 is 0 Å². The minimum atomic E-state index is 0.593. The molecule has 0 aromatic rings. The van der Waals surface area contributed by atoms with Crippen LogP contribution in [0.1, 0.15) is 0 Å². The fourth-order valence-corrected chi connectivity index (χ4v) is 0.471. The predicted octanol–water partition coefficient (Wildman–Crippen LogP) is -3.24. The van der Waals surface area contributed by atoms with E-state index in [0.717, 1.165) is 0 Å². The number of hydrogen-bond acceptors (Lipinski definition) is 1. The first-order valence-electron chi connectivity index (χ1n) is 2.63. The van der Waals surface area contributed by atoms with Crippen LogP contribution in [0.4, 0.5) is 0 Å². The molecule has 30 valence electrons. The van der Waals surface area contributed by atoms with Crippen molar-refractivity contribution >= 4 is 54.1 Å². The Bertz CT molecular complexity index is 57.2. The Morgan fingerprint density at radius 2 is 1.71 bits per heavy atom. The second kappa shape index (κ2) is 3.59. The third-order valence-corrected chi connectivity index (χ3v) is 1.70. The molecule has 0 aliphatic heterocycles. The molecule has 0 aromatic heterocycles. The van der Waals surface area contributed by atoms with Gasteiger partial charge in [-0.3, -0.25) is 0 Å². The van der Waals surface area contributed by atoms with E-state index in [-0.39, 0.29) is 0 Å². The van der Waals surface area contributed by atoms with Crippen molar-refractivity contribution in [2.75, 3.05) is 0 Å². The van der Waals surface area contributed by atoms with Crippen molar-refractivity contribution < 1.29 is 0 Å². The SMILES string of the molecule is BB(B)B(B)B=S. The Labute approximate surface area is 54.6 Å². The molecule has 0 heterocycles. The molecule has 0 atom stereocenters. The van der Waals surface area contributed by atoms with E-state index in [0.29, 0.717) is 12.8 Å². The van der Waals surface area contributed by atoms with Gasteiger partial charge in [0, 0.05) is 0 Å². The van der Waals surface area contributed by atoms with Crippen LogP contribution in [-0.4, -0.2) is 42.0 Å². The Morgan fingerprint density at radius 3 is 1.71 bits per heavy atom. The van der Waals surface area contributed by atoms with Gasteiger partial charge >= 0.3 is 54.1 Å². The third-order valence-electron chi connectivity index (χ3n) is 1.27. The quantitative estimate of drug-likeness (QED) is 0.331. The van der Waals surface area contributed by atoms with Crippen molar-refractivity contribution in [3.05, 3.63) is 0 Å². The molecule has 7 heteroatoms. The van der Waals surface area contributed by atoms with Gasteiger partial charge < -0.3 is 0 Å². The van der Waals surface area contributed by atoms with Gasteiger partial charge in [0.1, 0.15) is 0 Å². The van der Waals surface area contributed by atoms with Crippen LogP contribution in [0.15, 0.2) is 0 Å². The van der Waals surface area contributed by atoms with E-state index in [1.54, 1.807) is 0 Å². The molecule has 0 radical (unpaired) electrons. The summed E-state index contributed by atoms with van der Waals surface area (Å²) in [6.07, 6.45) is 1.30. The van der Waals surface area contributed by atoms with Crippen LogP contribution in [-0.2, 0) is 0 Å². The summed E-state index contributed by atoms with van der Waals surface area (Å²) in [6.45, 7) is 0. The molecule has 0 saturated heterocycles. The molecule has 0 bridgehead atoms. The number of hydrogen-bond donors (Lipinski definition) is 0. The second-order valence-electron chi connectivity index (χ2n) is 2.24. The molecule has 0 aliphatic carbocycles. The van der Waals surface area contributed by atoms with E-state index in [1.165, 1.54) is 0 Å². The van der Waals surface area contributed by atoms with Crippen LogP contribution < -0.4 is 0 Å². The van der Waals surface area contributed by atoms with E-state index >= 15 is 0 Å².